The number of aromatic nitrogens is 7. The van der Waals surface area contributed by atoms with E-state index in [2.05, 4.69) is 55.3 Å². The van der Waals surface area contributed by atoms with Gasteiger partial charge in [-0.15, -0.1) is 6.58 Å². The molecule has 2 fully saturated rings. The van der Waals surface area contributed by atoms with E-state index < -0.39 is 5.60 Å². The zero-order chi connectivity index (χ0) is 31.0. The quantitative estimate of drug-likeness (QED) is 0.276. The zero-order valence-electron chi connectivity index (χ0n) is 26.2. The third kappa shape index (κ3) is 6.06. The van der Waals surface area contributed by atoms with Crippen LogP contribution in [0.1, 0.15) is 65.1 Å². The van der Waals surface area contributed by atoms with Gasteiger partial charge in [0.25, 0.3) is 5.56 Å². The second kappa shape index (κ2) is 12.3. The van der Waals surface area contributed by atoms with Gasteiger partial charge in [0.15, 0.2) is 11.5 Å². The number of likely N-dealkylation sites (tertiary alicyclic amines) is 2. The van der Waals surface area contributed by atoms with E-state index >= 15 is 0 Å². The Labute approximate surface area is 258 Å². The van der Waals surface area contributed by atoms with Crippen LogP contribution in [0.15, 0.2) is 54.2 Å². The van der Waals surface area contributed by atoms with Crippen molar-refractivity contribution < 1.29 is 5.11 Å². The highest BCUT2D eigenvalue weighted by atomic mass is 16.3. The lowest BCUT2D eigenvalue weighted by Crippen LogP contribution is -2.49. The van der Waals surface area contributed by atoms with Gasteiger partial charge in [-0.25, -0.2) is 19.3 Å². The van der Waals surface area contributed by atoms with E-state index in [4.69, 9.17) is 4.98 Å². The number of allylic oxidation sites excluding steroid dienone is 1. The van der Waals surface area contributed by atoms with Gasteiger partial charge < -0.3 is 20.2 Å². The fraction of sp³-hybridized carbons (Fsp3) is 0.531. The Morgan fingerprint density at radius 2 is 1.80 bits per heavy atom. The molecule has 12 nitrogen and oxygen atoms in total. The Kier molecular flexibility index (Phi) is 8.40. The molecule has 12 heteroatoms. The van der Waals surface area contributed by atoms with Crippen molar-refractivity contribution in [2.75, 3.05) is 31.5 Å². The number of rotatable bonds is 9. The summed E-state index contributed by atoms with van der Waals surface area (Å²) in [5, 5.41) is 18.9. The summed E-state index contributed by atoms with van der Waals surface area (Å²) in [4.78, 5) is 32.4. The topological polar surface area (TPSA) is 122 Å². The molecule has 2 saturated heterocycles. The summed E-state index contributed by atoms with van der Waals surface area (Å²) < 4.78 is 5.23. The first-order valence-electron chi connectivity index (χ1n) is 15.7. The Morgan fingerprint density at radius 3 is 2.48 bits per heavy atom. The van der Waals surface area contributed by atoms with Gasteiger partial charge in [-0.3, -0.25) is 9.48 Å². The lowest BCUT2D eigenvalue weighted by molar-refractivity contribution is 0.0672. The fourth-order valence-corrected chi connectivity index (χ4v) is 6.50. The molecule has 0 aliphatic carbocycles. The van der Waals surface area contributed by atoms with Gasteiger partial charge in [0.05, 0.1) is 30.2 Å². The molecule has 0 bridgehead atoms. The molecular formula is C32H44N10O2. The summed E-state index contributed by atoms with van der Waals surface area (Å²) in [7, 11) is 0. The summed E-state index contributed by atoms with van der Waals surface area (Å²) in [5.74, 6) is 0.815. The van der Waals surface area contributed by atoms with E-state index in [-0.39, 0.29) is 12.1 Å². The largest absolute Gasteiger partial charge is 0.384 e. The van der Waals surface area contributed by atoms with Gasteiger partial charge >= 0.3 is 0 Å². The monoisotopic (exact) mass is 600 g/mol. The van der Waals surface area contributed by atoms with E-state index in [1.54, 1.807) is 49.0 Å². The highest BCUT2D eigenvalue weighted by Crippen LogP contribution is 2.28. The lowest BCUT2D eigenvalue weighted by Gasteiger charge is -2.42. The van der Waals surface area contributed by atoms with Gasteiger partial charge in [-0.2, -0.15) is 10.1 Å². The summed E-state index contributed by atoms with van der Waals surface area (Å²) in [6.07, 6.45) is 11.7. The van der Waals surface area contributed by atoms with Crippen LogP contribution < -0.4 is 10.9 Å². The molecule has 0 amide bonds. The molecule has 2 N–H and O–H groups in total. The zero-order valence-corrected chi connectivity index (χ0v) is 26.2. The normalized spacial score (nSPS) is 18.0. The first-order chi connectivity index (χ1) is 21.1. The molecule has 2 aliphatic rings. The molecule has 0 saturated carbocycles. The van der Waals surface area contributed by atoms with Crippen molar-refractivity contribution in [2.24, 2.45) is 0 Å². The molecule has 0 aromatic carbocycles. The van der Waals surface area contributed by atoms with Crippen molar-refractivity contribution in [1.82, 2.24) is 43.9 Å². The van der Waals surface area contributed by atoms with Gasteiger partial charge in [0, 0.05) is 37.6 Å². The molecule has 0 atom stereocenters. The van der Waals surface area contributed by atoms with Crippen molar-refractivity contribution in [1.29, 1.82) is 0 Å². The molecule has 0 radical (unpaired) electrons. The Balaban J connectivity index is 1.18. The Bertz CT molecular complexity index is 1660. The van der Waals surface area contributed by atoms with Crippen LogP contribution in [0.25, 0.3) is 16.9 Å². The number of aliphatic hydroxyl groups is 1. The van der Waals surface area contributed by atoms with Crippen LogP contribution in [0.4, 0.5) is 11.6 Å². The predicted molar refractivity (Wildman–Crippen MR) is 171 cm³/mol. The molecule has 234 valence electrons. The van der Waals surface area contributed by atoms with Gasteiger partial charge in [-0.05, 0) is 78.6 Å². The average Bonchev–Trinajstić information content (AvgIpc) is 3.59. The summed E-state index contributed by atoms with van der Waals surface area (Å²) in [6, 6.07) is 7.03. The van der Waals surface area contributed by atoms with Crippen molar-refractivity contribution in [3.05, 3.63) is 65.5 Å². The fourth-order valence-electron chi connectivity index (χ4n) is 6.50. The Hall–Kier alpha value is -3.87. The number of hydrogen-bond donors (Lipinski definition) is 2. The summed E-state index contributed by atoms with van der Waals surface area (Å²) in [6.45, 7) is 16.6. The molecule has 2 aliphatic heterocycles. The van der Waals surface area contributed by atoms with Crippen molar-refractivity contribution >= 4 is 22.7 Å². The smallest absolute Gasteiger partial charge is 0.278 e. The molecule has 0 unspecified atom stereocenters. The van der Waals surface area contributed by atoms with Crippen molar-refractivity contribution in [2.45, 2.75) is 83.6 Å². The van der Waals surface area contributed by atoms with Crippen LogP contribution in [0, 0.1) is 0 Å². The highest BCUT2D eigenvalue weighted by molar-refractivity contribution is 5.77. The number of pyridine rings is 1. The molecule has 4 aromatic rings. The van der Waals surface area contributed by atoms with Crippen LogP contribution in [0.5, 0.6) is 0 Å². The third-order valence-corrected chi connectivity index (χ3v) is 9.03. The predicted octanol–water partition coefficient (Wildman–Crippen LogP) is 3.84. The van der Waals surface area contributed by atoms with Gasteiger partial charge in [0.2, 0.25) is 5.95 Å². The van der Waals surface area contributed by atoms with Crippen LogP contribution in [-0.4, -0.2) is 87.3 Å². The summed E-state index contributed by atoms with van der Waals surface area (Å²) >= 11 is 0. The minimum Gasteiger partial charge on any atom is -0.384 e. The molecular weight excluding hydrogens is 556 g/mol. The number of hydrogen-bond acceptors (Lipinski definition) is 9. The van der Waals surface area contributed by atoms with Gasteiger partial charge in [0.1, 0.15) is 11.0 Å². The maximum absolute atomic E-state index is 13.3. The number of anilines is 2. The minimum atomic E-state index is -1.15. The van der Waals surface area contributed by atoms with Crippen LogP contribution in [0.3, 0.4) is 0 Å². The molecule has 6 rings (SSSR count). The van der Waals surface area contributed by atoms with Gasteiger partial charge in [-0.1, -0.05) is 12.1 Å². The molecule has 44 heavy (non-hydrogen) atoms. The molecule has 4 aromatic heterocycles. The van der Waals surface area contributed by atoms with E-state index in [0.29, 0.717) is 46.6 Å². The summed E-state index contributed by atoms with van der Waals surface area (Å²) in [5.41, 5.74) is 0.290. The first kappa shape index (κ1) is 30.2. The van der Waals surface area contributed by atoms with Crippen LogP contribution in [0.2, 0.25) is 0 Å². The second-order valence-corrected chi connectivity index (χ2v) is 12.8. The van der Waals surface area contributed by atoms with E-state index in [1.807, 2.05) is 6.20 Å². The molecule has 0 spiro atoms. The maximum Gasteiger partial charge on any atom is 0.278 e. The average molecular weight is 601 g/mol. The Morgan fingerprint density at radius 1 is 1.07 bits per heavy atom. The third-order valence-electron chi connectivity index (χ3n) is 9.03. The van der Waals surface area contributed by atoms with E-state index in [0.717, 1.165) is 31.6 Å². The number of nitrogens with one attached hydrogen (secondary N) is 1. The second-order valence-electron chi connectivity index (χ2n) is 12.8. The molecule has 6 heterocycles. The number of nitrogens with zero attached hydrogens (tertiary/aromatic N) is 9. The van der Waals surface area contributed by atoms with E-state index in [1.165, 1.54) is 36.8 Å². The van der Waals surface area contributed by atoms with E-state index in [9.17, 15) is 9.90 Å². The standard InChI is InChI=1S/C32H44N10O2/c1-6-14-41-30(43)26-20-33-31(37-29(26)42(41)28-9-7-8-27(36-28)32(4,5)44)35-23-19-34-40(21-23)25-12-17-39(18-13-25)24-10-15-38(16-11-24)22(2)3/h6-9,19-22,24-25,44H,1,10-18H2,2-5H3,(H,33,35,37). The maximum atomic E-state index is 13.3. The lowest BCUT2D eigenvalue weighted by atomic mass is 9.97. The van der Waals surface area contributed by atoms with Crippen LogP contribution in [-0.2, 0) is 12.1 Å². The highest BCUT2D eigenvalue weighted by Gasteiger charge is 2.30. The number of piperidine rings is 2. The minimum absolute atomic E-state index is 0.244. The number of fused-ring (bicyclic) bond motifs is 1. The van der Waals surface area contributed by atoms with Crippen LogP contribution >= 0.6 is 0 Å². The van der Waals surface area contributed by atoms with Crippen molar-refractivity contribution in [3.63, 3.8) is 0 Å². The SMILES string of the molecule is C=CCn1c(=O)c2cnc(Nc3cnn(C4CCN(C5CCN(C(C)C)CC5)CC4)c3)nc2n1-c1cccc(C(C)(C)O)n1. The first-order valence-corrected chi connectivity index (χ1v) is 15.7. The van der Waals surface area contributed by atoms with Crippen molar-refractivity contribution in [3.8, 4) is 5.82 Å².